The van der Waals surface area contributed by atoms with Gasteiger partial charge < -0.3 is 15.2 Å². The second-order valence-corrected chi connectivity index (χ2v) is 11.4. The van der Waals surface area contributed by atoms with Gasteiger partial charge in [-0.2, -0.15) is 0 Å². The highest BCUT2D eigenvalue weighted by Crippen LogP contribution is 2.43. The van der Waals surface area contributed by atoms with E-state index in [0.29, 0.717) is 36.9 Å². The first-order valence-electron chi connectivity index (χ1n) is 12.5. The van der Waals surface area contributed by atoms with Gasteiger partial charge in [-0.15, -0.1) is 0 Å². The molecule has 1 aliphatic heterocycles. The molecule has 0 radical (unpaired) electrons. The Morgan fingerprint density at radius 1 is 1.23 bits per heavy atom. The summed E-state index contributed by atoms with van der Waals surface area (Å²) in [6.07, 6.45) is 6.75. The zero-order chi connectivity index (χ0) is 25.4. The molecular formula is C27H37N5O3. The van der Waals surface area contributed by atoms with E-state index in [0.717, 1.165) is 29.1 Å². The maximum atomic E-state index is 13.2. The van der Waals surface area contributed by atoms with Gasteiger partial charge in [0, 0.05) is 30.5 Å². The molecule has 2 heterocycles. The molecule has 1 saturated heterocycles. The summed E-state index contributed by atoms with van der Waals surface area (Å²) in [7, 11) is 0. The van der Waals surface area contributed by atoms with Crippen LogP contribution in [-0.2, 0) is 16.1 Å². The maximum Gasteiger partial charge on any atom is 0.325 e. The third kappa shape index (κ3) is 5.26. The second-order valence-electron chi connectivity index (χ2n) is 11.4. The topological polar surface area (TPSA) is 96.3 Å². The quantitative estimate of drug-likeness (QED) is 0.596. The predicted molar refractivity (Wildman–Crippen MR) is 135 cm³/mol. The Balaban J connectivity index is 1.37. The summed E-state index contributed by atoms with van der Waals surface area (Å²) in [6.45, 7) is 11.2. The van der Waals surface area contributed by atoms with Gasteiger partial charge in [0.25, 0.3) is 5.91 Å². The molecule has 0 bridgehead atoms. The summed E-state index contributed by atoms with van der Waals surface area (Å²) in [5.74, 6) is 1.16. The van der Waals surface area contributed by atoms with Crippen LogP contribution >= 0.6 is 0 Å². The third-order valence-electron chi connectivity index (χ3n) is 7.44. The highest BCUT2D eigenvalue weighted by Gasteiger charge is 2.53. The average Bonchev–Trinajstić information content (AvgIpc) is 3.32. The Kier molecular flexibility index (Phi) is 6.75. The minimum Gasteiger partial charge on any atom is -0.330 e. The van der Waals surface area contributed by atoms with Gasteiger partial charge in [0.1, 0.15) is 17.9 Å². The zero-order valence-electron chi connectivity index (χ0n) is 21.4. The number of carbonyl (C=O) groups is 3. The number of aromatic nitrogens is 2. The SMILES string of the molecule is CC(C)c1nccn1Cc1cccc(NC(=O)CN2C(=O)NC3(CCC(C(C)(C)C)CC3)C2=O)c1. The lowest BCUT2D eigenvalue weighted by atomic mass is 9.67. The molecule has 2 N–H and O–H groups in total. The van der Waals surface area contributed by atoms with E-state index in [1.807, 2.05) is 24.4 Å². The number of nitrogens with one attached hydrogen (secondary N) is 2. The fourth-order valence-electron chi connectivity index (χ4n) is 5.38. The van der Waals surface area contributed by atoms with Crippen molar-refractivity contribution in [2.45, 2.75) is 78.3 Å². The van der Waals surface area contributed by atoms with Crippen LogP contribution in [0.5, 0.6) is 0 Å². The van der Waals surface area contributed by atoms with Crippen LogP contribution in [0.4, 0.5) is 10.5 Å². The fourth-order valence-corrected chi connectivity index (χ4v) is 5.38. The molecule has 1 aromatic carbocycles. The second kappa shape index (κ2) is 9.47. The summed E-state index contributed by atoms with van der Waals surface area (Å²) in [6, 6.07) is 7.11. The molecule has 8 nitrogen and oxygen atoms in total. The van der Waals surface area contributed by atoms with Crippen molar-refractivity contribution in [3.05, 3.63) is 48.0 Å². The van der Waals surface area contributed by atoms with Crippen LogP contribution in [0.25, 0.3) is 0 Å². The Labute approximate surface area is 207 Å². The highest BCUT2D eigenvalue weighted by atomic mass is 16.2. The largest absolute Gasteiger partial charge is 0.330 e. The Morgan fingerprint density at radius 3 is 2.60 bits per heavy atom. The van der Waals surface area contributed by atoms with Crippen molar-refractivity contribution in [2.75, 3.05) is 11.9 Å². The van der Waals surface area contributed by atoms with E-state index >= 15 is 0 Å². The molecule has 1 aromatic heterocycles. The molecule has 2 fully saturated rings. The smallest absolute Gasteiger partial charge is 0.325 e. The van der Waals surface area contributed by atoms with Gasteiger partial charge in [-0.3, -0.25) is 14.5 Å². The van der Waals surface area contributed by atoms with Crippen LogP contribution in [0.15, 0.2) is 36.7 Å². The number of rotatable bonds is 6. The van der Waals surface area contributed by atoms with E-state index in [-0.39, 0.29) is 17.9 Å². The van der Waals surface area contributed by atoms with Gasteiger partial charge in [0.2, 0.25) is 5.91 Å². The number of imidazole rings is 1. The van der Waals surface area contributed by atoms with Gasteiger partial charge in [-0.25, -0.2) is 9.78 Å². The molecule has 35 heavy (non-hydrogen) atoms. The van der Waals surface area contributed by atoms with E-state index in [1.54, 1.807) is 12.3 Å². The van der Waals surface area contributed by atoms with E-state index in [1.165, 1.54) is 0 Å². The van der Waals surface area contributed by atoms with Crippen molar-refractivity contribution in [3.63, 3.8) is 0 Å². The van der Waals surface area contributed by atoms with Crippen LogP contribution in [0.3, 0.4) is 0 Å². The molecule has 0 atom stereocenters. The molecule has 1 spiro atoms. The Morgan fingerprint density at radius 2 is 1.94 bits per heavy atom. The van der Waals surface area contributed by atoms with Crippen LogP contribution in [0.1, 0.15) is 77.6 Å². The molecule has 4 amide bonds. The number of benzene rings is 1. The standard InChI is InChI=1S/C27H37N5O3/c1-18(2)23-28-13-14-31(23)16-19-7-6-8-21(15-19)29-22(33)17-32-24(34)27(30-25(32)35)11-9-20(10-12-27)26(3,4)5/h6-8,13-15,18,20H,9-12,16-17H2,1-5H3,(H,29,33)(H,30,35). The van der Waals surface area contributed by atoms with Crippen LogP contribution in [-0.4, -0.2) is 44.4 Å². The summed E-state index contributed by atoms with van der Waals surface area (Å²) < 4.78 is 2.09. The minimum absolute atomic E-state index is 0.176. The van der Waals surface area contributed by atoms with Crippen LogP contribution in [0.2, 0.25) is 0 Å². The summed E-state index contributed by atoms with van der Waals surface area (Å²) in [5, 5.41) is 5.76. The molecule has 1 aliphatic carbocycles. The lowest BCUT2D eigenvalue weighted by molar-refractivity contribution is -0.135. The van der Waals surface area contributed by atoms with E-state index in [4.69, 9.17) is 0 Å². The van der Waals surface area contributed by atoms with Crippen molar-refractivity contribution in [3.8, 4) is 0 Å². The normalized spacial score (nSPS) is 22.7. The minimum atomic E-state index is -0.863. The lowest BCUT2D eigenvalue weighted by Gasteiger charge is -2.40. The third-order valence-corrected chi connectivity index (χ3v) is 7.44. The van der Waals surface area contributed by atoms with Gasteiger partial charge >= 0.3 is 6.03 Å². The number of imide groups is 1. The first-order valence-corrected chi connectivity index (χ1v) is 12.5. The number of nitrogens with zero attached hydrogens (tertiary/aromatic N) is 3. The van der Waals surface area contributed by atoms with Crippen molar-refractivity contribution in [1.82, 2.24) is 19.8 Å². The first-order chi connectivity index (χ1) is 16.5. The zero-order valence-corrected chi connectivity index (χ0v) is 21.4. The maximum absolute atomic E-state index is 13.2. The summed E-state index contributed by atoms with van der Waals surface area (Å²) in [5.41, 5.74) is 0.964. The van der Waals surface area contributed by atoms with Gasteiger partial charge in [0.05, 0.1) is 0 Å². The van der Waals surface area contributed by atoms with Crippen LogP contribution < -0.4 is 10.6 Å². The number of carbonyl (C=O) groups excluding carboxylic acids is 3. The van der Waals surface area contributed by atoms with Gasteiger partial charge in [-0.05, 0) is 54.7 Å². The van der Waals surface area contributed by atoms with E-state index in [2.05, 4.69) is 54.8 Å². The molecule has 4 rings (SSSR count). The molecule has 188 valence electrons. The average molecular weight is 480 g/mol. The molecule has 2 aliphatic rings. The molecule has 0 unspecified atom stereocenters. The summed E-state index contributed by atoms with van der Waals surface area (Å²) in [4.78, 5) is 44.1. The number of anilines is 1. The number of hydrogen-bond donors (Lipinski definition) is 2. The fraction of sp³-hybridized carbons (Fsp3) is 0.556. The molecule has 2 aromatic rings. The molecular weight excluding hydrogens is 442 g/mol. The molecule has 8 heteroatoms. The number of hydrogen-bond acceptors (Lipinski definition) is 4. The van der Waals surface area contributed by atoms with Gasteiger partial charge in [0.15, 0.2) is 0 Å². The van der Waals surface area contributed by atoms with Gasteiger partial charge in [-0.1, -0.05) is 46.8 Å². The first kappa shape index (κ1) is 24.9. The summed E-state index contributed by atoms with van der Waals surface area (Å²) >= 11 is 0. The monoisotopic (exact) mass is 479 g/mol. The predicted octanol–water partition coefficient (Wildman–Crippen LogP) is 4.52. The van der Waals surface area contributed by atoms with Crippen molar-refractivity contribution in [2.24, 2.45) is 11.3 Å². The van der Waals surface area contributed by atoms with Crippen molar-refractivity contribution in [1.29, 1.82) is 0 Å². The molecule has 1 saturated carbocycles. The van der Waals surface area contributed by atoms with E-state index < -0.39 is 17.5 Å². The number of urea groups is 1. The lowest BCUT2D eigenvalue weighted by Crippen LogP contribution is -2.50. The van der Waals surface area contributed by atoms with Crippen LogP contribution in [0, 0.1) is 11.3 Å². The van der Waals surface area contributed by atoms with Crippen molar-refractivity contribution < 1.29 is 14.4 Å². The highest BCUT2D eigenvalue weighted by molar-refractivity contribution is 6.10. The Bertz CT molecular complexity index is 1110. The Hall–Kier alpha value is -3.16. The number of amides is 4. The van der Waals surface area contributed by atoms with Crippen molar-refractivity contribution >= 4 is 23.5 Å². The van der Waals surface area contributed by atoms with E-state index in [9.17, 15) is 14.4 Å².